The lowest BCUT2D eigenvalue weighted by Crippen LogP contribution is -2.51. The number of sulfone groups is 1. The summed E-state index contributed by atoms with van der Waals surface area (Å²) < 4.78 is 24.1. The molecule has 2 unspecified atom stereocenters. The van der Waals surface area contributed by atoms with E-state index in [-0.39, 0.29) is 5.75 Å². The predicted octanol–water partition coefficient (Wildman–Crippen LogP) is 0.157. The number of β-amino-alcohol motifs (C(OH)–C–C–N with tert-alkyl or cyclic N) is 1. The van der Waals surface area contributed by atoms with Gasteiger partial charge in [-0.2, -0.15) is 11.8 Å². The number of thioether (sulfide) groups is 1. The smallest absolute Gasteiger partial charge is 0.166 e. The predicted molar refractivity (Wildman–Crippen MR) is 81.3 cm³/mol. The Kier molecular flexibility index (Phi) is 7.68. The third kappa shape index (κ3) is 5.59. The highest BCUT2D eigenvalue weighted by Crippen LogP contribution is 2.21. The number of rotatable bonds is 8. The summed E-state index contributed by atoms with van der Waals surface area (Å²) in [6.07, 6.45) is 0.518. The first-order chi connectivity index (χ1) is 9.01. The molecule has 0 spiro atoms. The topological polar surface area (TPSA) is 69.6 Å². The highest BCUT2D eigenvalue weighted by atomic mass is 32.2. The van der Waals surface area contributed by atoms with Crippen LogP contribution in [-0.2, 0) is 9.84 Å². The molecule has 0 bridgehead atoms. The summed E-state index contributed by atoms with van der Waals surface area (Å²) >= 11 is 1.68. The van der Waals surface area contributed by atoms with E-state index >= 15 is 0 Å². The van der Waals surface area contributed by atoms with Crippen LogP contribution in [0.25, 0.3) is 0 Å². The zero-order valence-corrected chi connectivity index (χ0v) is 13.5. The van der Waals surface area contributed by atoms with Crippen molar-refractivity contribution in [2.24, 2.45) is 0 Å². The zero-order valence-electron chi connectivity index (χ0n) is 11.8. The van der Waals surface area contributed by atoms with Gasteiger partial charge in [-0.15, -0.1) is 0 Å². The molecule has 19 heavy (non-hydrogen) atoms. The number of aliphatic hydroxyl groups excluding tert-OH is 1. The minimum absolute atomic E-state index is 0.166. The Morgan fingerprint density at radius 1 is 1.47 bits per heavy atom. The van der Waals surface area contributed by atoms with Crippen molar-refractivity contribution in [3.63, 3.8) is 0 Å². The van der Waals surface area contributed by atoms with E-state index in [0.29, 0.717) is 18.8 Å². The first-order valence-electron chi connectivity index (χ1n) is 6.93. The van der Waals surface area contributed by atoms with Gasteiger partial charge in [0, 0.05) is 36.9 Å². The van der Waals surface area contributed by atoms with Crippen LogP contribution >= 0.6 is 11.8 Å². The van der Waals surface area contributed by atoms with Gasteiger partial charge in [-0.05, 0) is 13.0 Å². The second-order valence-corrected chi connectivity index (χ2v) is 8.43. The SMILES string of the molecule is CCCNCC(O)CN1CCSCC1S(=O)(=O)CC. The molecule has 1 saturated heterocycles. The van der Waals surface area contributed by atoms with Gasteiger partial charge in [0.15, 0.2) is 9.84 Å². The molecule has 5 nitrogen and oxygen atoms in total. The fourth-order valence-corrected chi connectivity index (χ4v) is 5.22. The summed E-state index contributed by atoms with van der Waals surface area (Å²) in [5.74, 6) is 1.72. The molecule has 0 aromatic heterocycles. The molecule has 2 N–H and O–H groups in total. The highest BCUT2D eigenvalue weighted by molar-refractivity contribution is 8.01. The van der Waals surface area contributed by atoms with E-state index in [1.165, 1.54) is 0 Å². The van der Waals surface area contributed by atoms with Crippen LogP contribution in [0.15, 0.2) is 0 Å². The molecule has 0 aromatic carbocycles. The first-order valence-corrected chi connectivity index (χ1v) is 9.80. The zero-order chi connectivity index (χ0) is 14.3. The number of hydrogen-bond donors (Lipinski definition) is 2. The molecular weight excluding hydrogens is 284 g/mol. The van der Waals surface area contributed by atoms with Crippen LogP contribution in [0.3, 0.4) is 0 Å². The molecule has 1 fully saturated rings. The molecule has 0 aromatic rings. The molecule has 114 valence electrons. The van der Waals surface area contributed by atoms with Gasteiger partial charge < -0.3 is 10.4 Å². The van der Waals surface area contributed by atoms with Crippen LogP contribution in [0.5, 0.6) is 0 Å². The van der Waals surface area contributed by atoms with Crippen molar-refractivity contribution in [2.45, 2.75) is 31.7 Å². The molecule has 7 heteroatoms. The maximum absolute atomic E-state index is 12.1. The largest absolute Gasteiger partial charge is 0.390 e. The van der Waals surface area contributed by atoms with Gasteiger partial charge >= 0.3 is 0 Å². The molecular formula is C12H26N2O3S2. The van der Waals surface area contributed by atoms with Gasteiger partial charge in [-0.25, -0.2) is 8.42 Å². The third-order valence-electron chi connectivity index (χ3n) is 3.26. The molecule has 0 aliphatic carbocycles. The fourth-order valence-electron chi connectivity index (χ4n) is 2.13. The van der Waals surface area contributed by atoms with Crippen molar-refractivity contribution in [1.82, 2.24) is 10.2 Å². The van der Waals surface area contributed by atoms with Crippen molar-refractivity contribution in [3.8, 4) is 0 Å². The van der Waals surface area contributed by atoms with E-state index in [2.05, 4.69) is 12.2 Å². The number of aliphatic hydroxyl groups is 1. The molecule has 0 radical (unpaired) electrons. The van der Waals surface area contributed by atoms with Gasteiger partial charge in [0.1, 0.15) is 5.37 Å². The van der Waals surface area contributed by atoms with E-state index in [1.807, 2.05) is 4.90 Å². The summed E-state index contributed by atoms with van der Waals surface area (Å²) in [4.78, 5) is 1.92. The summed E-state index contributed by atoms with van der Waals surface area (Å²) in [6.45, 7) is 6.33. The van der Waals surface area contributed by atoms with Gasteiger partial charge in [0.05, 0.1) is 6.10 Å². The molecule has 1 aliphatic heterocycles. The van der Waals surface area contributed by atoms with E-state index in [1.54, 1.807) is 18.7 Å². The Bertz CT molecular complexity index is 349. The summed E-state index contributed by atoms with van der Waals surface area (Å²) in [5.41, 5.74) is 0. The van der Waals surface area contributed by atoms with Crippen LogP contribution < -0.4 is 5.32 Å². The summed E-state index contributed by atoms with van der Waals surface area (Å²) in [5, 5.41) is 12.7. The molecule has 1 aliphatic rings. The van der Waals surface area contributed by atoms with Crippen molar-refractivity contribution in [2.75, 3.05) is 43.4 Å². The lowest BCUT2D eigenvalue weighted by atomic mass is 10.3. The van der Waals surface area contributed by atoms with E-state index < -0.39 is 21.3 Å². The van der Waals surface area contributed by atoms with Gasteiger partial charge in [0.25, 0.3) is 0 Å². The Morgan fingerprint density at radius 3 is 2.84 bits per heavy atom. The maximum Gasteiger partial charge on any atom is 0.166 e. The second kappa shape index (κ2) is 8.46. The van der Waals surface area contributed by atoms with Crippen LogP contribution in [0.2, 0.25) is 0 Å². The Labute approximate surface area is 121 Å². The highest BCUT2D eigenvalue weighted by Gasteiger charge is 2.33. The summed E-state index contributed by atoms with van der Waals surface area (Å²) in [6, 6.07) is 0. The molecule has 0 saturated carbocycles. The minimum atomic E-state index is -3.07. The Hall–Kier alpha value is 0.180. The number of nitrogens with zero attached hydrogens (tertiary/aromatic N) is 1. The van der Waals surface area contributed by atoms with E-state index in [4.69, 9.17) is 0 Å². The number of nitrogens with one attached hydrogen (secondary N) is 1. The molecule has 2 atom stereocenters. The first kappa shape index (κ1) is 17.2. The molecule has 0 amide bonds. The molecule has 1 heterocycles. The third-order valence-corrected chi connectivity index (χ3v) is 6.59. The fraction of sp³-hybridized carbons (Fsp3) is 1.00. The van der Waals surface area contributed by atoms with Crippen molar-refractivity contribution >= 4 is 21.6 Å². The van der Waals surface area contributed by atoms with Crippen LogP contribution in [-0.4, -0.2) is 73.3 Å². The average molecular weight is 310 g/mol. The van der Waals surface area contributed by atoms with E-state index in [9.17, 15) is 13.5 Å². The van der Waals surface area contributed by atoms with Gasteiger partial charge in [-0.3, -0.25) is 4.90 Å². The number of hydrogen-bond acceptors (Lipinski definition) is 6. The maximum atomic E-state index is 12.1. The van der Waals surface area contributed by atoms with Gasteiger partial charge in [-0.1, -0.05) is 13.8 Å². The minimum Gasteiger partial charge on any atom is -0.390 e. The van der Waals surface area contributed by atoms with Crippen molar-refractivity contribution in [1.29, 1.82) is 0 Å². The average Bonchev–Trinajstić information content (AvgIpc) is 2.39. The lowest BCUT2D eigenvalue weighted by molar-refractivity contribution is 0.109. The Morgan fingerprint density at radius 2 is 2.21 bits per heavy atom. The summed E-state index contributed by atoms with van der Waals surface area (Å²) in [7, 11) is -3.07. The van der Waals surface area contributed by atoms with Crippen molar-refractivity contribution in [3.05, 3.63) is 0 Å². The Balaban J connectivity index is 2.53. The normalized spacial score (nSPS) is 23.4. The van der Waals surface area contributed by atoms with Crippen LogP contribution in [0, 0.1) is 0 Å². The van der Waals surface area contributed by atoms with Crippen molar-refractivity contribution < 1.29 is 13.5 Å². The lowest BCUT2D eigenvalue weighted by Gasteiger charge is -2.35. The quantitative estimate of drug-likeness (QED) is 0.622. The van der Waals surface area contributed by atoms with Crippen LogP contribution in [0.1, 0.15) is 20.3 Å². The van der Waals surface area contributed by atoms with Crippen LogP contribution in [0.4, 0.5) is 0 Å². The molecule has 1 rings (SSSR count). The standard InChI is InChI=1S/C12H26N2O3S2/c1-3-5-13-8-11(15)9-14-6-7-18-10-12(14)19(16,17)4-2/h11-13,15H,3-10H2,1-2H3. The van der Waals surface area contributed by atoms with E-state index in [0.717, 1.165) is 25.3 Å². The second-order valence-electron chi connectivity index (χ2n) is 4.83. The van der Waals surface area contributed by atoms with Gasteiger partial charge in [0.2, 0.25) is 0 Å². The monoisotopic (exact) mass is 310 g/mol.